The van der Waals surface area contributed by atoms with Crippen molar-refractivity contribution in [3.05, 3.63) is 54.1 Å². The van der Waals surface area contributed by atoms with Gasteiger partial charge in [0, 0.05) is 19.6 Å². The lowest BCUT2D eigenvalue weighted by molar-refractivity contribution is -0.120. The maximum absolute atomic E-state index is 12.1. The third kappa shape index (κ3) is 10.5. The molecule has 1 aliphatic carbocycles. The van der Waals surface area contributed by atoms with Crippen molar-refractivity contribution in [1.29, 1.82) is 0 Å². The van der Waals surface area contributed by atoms with Crippen molar-refractivity contribution in [3.8, 4) is 17.2 Å². The van der Waals surface area contributed by atoms with Gasteiger partial charge < -0.3 is 34.7 Å². The van der Waals surface area contributed by atoms with Gasteiger partial charge in [-0.3, -0.25) is 4.79 Å². The molecule has 2 aromatic rings. The van der Waals surface area contributed by atoms with Crippen LogP contribution >= 0.6 is 0 Å². The molecule has 3 N–H and O–H groups in total. The van der Waals surface area contributed by atoms with Gasteiger partial charge in [-0.05, 0) is 54.8 Å². The summed E-state index contributed by atoms with van der Waals surface area (Å²) < 4.78 is 22.3. The van der Waals surface area contributed by atoms with Crippen molar-refractivity contribution in [2.24, 2.45) is 0 Å². The molecule has 2 aromatic carbocycles. The molecule has 0 aliphatic heterocycles. The highest BCUT2D eigenvalue weighted by atomic mass is 16.5. The topological polar surface area (TPSA) is 98.3 Å². The molecular weight excluding hydrogens is 448 g/mol. The predicted molar refractivity (Wildman–Crippen MR) is 134 cm³/mol. The molecule has 1 atom stereocenters. The molecular formula is C27H38N2O6. The van der Waals surface area contributed by atoms with Crippen LogP contribution in [0.2, 0.25) is 0 Å². The molecule has 1 amide bonds. The van der Waals surface area contributed by atoms with E-state index in [0.29, 0.717) is 51.1 Å². The van der Waals surface area contributed by atoms with Crippen LogP contribution < -0.4 is 24.8 Å². The van der Waals surface area contributed by atoms with Gasteiger partial charge in [-0.25, -0.2) is 0 Å². The van der Waals surface area contributed by atoms with E-state index in [4.69, 9.17) is 18.9 Å². The molecule has 1 saturated carbocycles. The fraction of sp³-hybridized carbons (Fsp3) is 0.519. The van der Waals surface area contributed by atoms with Gasteiger partial charge in [0.05, 0.1) is 26.2 Å². The smallest absolute Gasteiger partial charge is 0.224 e. The number of aliphatic hydroxyl groups is 1. The van der Waals surface area contributed by atoms with E-state index in [2.05, 4.69) is 10.6 Å². The zero-order valence-corrected chi connectivity index (χ0v) is 20.5. The molecule has 0 saturated heterocycles. The minimum absolute atomic E-state index is 0.0577. The fourth-order valence-electron chi connectivity index (χ4n) is 3.90. The molecule has 192 valence electrons. The van der Waals surface area contributed by atoms with E-state index in [0.717, 1.165) is 29.9 Å². The van der Waals surface area contributed by atoms with Crippen molar-refractivity contribution < 1.29 is 28.8 Å². The lowest BCUT2D eigenvalue weighted by atomic mass is 10.1. The Morgan fingerprint density at radius 3 is 2.49 bits per heavy atom. The number of hydrogen-bond acceptors (Lipinski definition) is 7. The first-order valence-corrected chi connectivity index (χ1v) is 12.4. The molecule has 1 unspecified atom stereocenters. The molecule has 35 heavy (non-hydrogen) atoms. The Morgan fingerprint density at radius 2 is 1.74 bits per heavy atom. The molecule has 8 nitrogen and oxygen atoms in total. The molecule has 0 spiro atoms. The molecule has 0 aromatic heterocycles. The summed E-state index contributed by atoms with van der Waals surface area (Å²) in [6, 6.07) is 14.8. The Hall–Kier alpha value is -2.81. The van der Waals surface area contributed by atoms with Crippen LogP contribution in [-0.2, 0) is 16.0 Å². The number of hydrogen-bond donors (Lipinski definition) is 3. The van der Waals surface area contributed by atoms with Gasteiger partial charge in [0.2, 0.25) is 5.91 Å². The van der Waals surface area contributed by atoms with E-state index < -0.39 is 6.10 Å². The highest BCUT2D eigenvalue weighted by Crippen LogP contribution is 2.21. The van der Waals surface area contributed by atoms with Gasteiger partial charge >= 0.3 is 0 Å². The Balaban J connectivity index is 1.20. The summed E-state index contributed by atoms with van der Waals surface area (Å²) in [6.07, 6.45) is 4.89. The lowest BCUT2D eigenvalue weighted by Crippen LogP contribution is -2.37. The van der Waals surface area contributed by atoms with Crippen LogP contribution in [0.25, 0.3) is 0 Å². The first kappa shape index (κ1) is 26.8. The van der Waals surface area contributed by atoms with E-state index >= 15 is 0 Å². The zero-order valence-electron chi connectivity index (χ0n) is 20.5. The molecule has 8 heteroatoms. The molecule has 3 rings (SSSR count). The number of carbonyl (C=O) groups is 1. The van der Waals surface area contributed by atoms with E-state index in [1.165, 1.54) is 12.8 Å². The van der Waals surface area contributed by atoms with E-state index in [-0.39, 0.29) is 12.5 Å². The SMILES string of the molecule is COc1cccc(CC(=O)NCCNCC(O)COc2ccc(OCCOC3CCCC3)cc2)c1. The Labute approximate surface area is 207 Å². The van der Waals surface area contributed by atoms with Gasteiger partial charge in [0.1, 0.15) is 36.6 Å². The third-order valence-corrected chi connectivity index (χ3v) is 5.78. The van der Waals surface area contributed by atoms with Crippen LogP contribution in [0.3, 0.4) is 0 Å². The molecule has 0 heterocycles. The number of carbonyl (C=O) groups excluding carboxylic acids is 1. The number of amides is 1. The second-order valence-corrected chi connectivity index (χ2v) is 8.64. The van der Waals surface area contributed by atoms with Gasteiger partial charge in [-0.1, -0.05) is 25.0 Å². The number of benzene rings is 2. The Bertz CT molecular complexity index is 870. The average molecular weight is 487 g/mol. The highest BCUT2D eigenvalue weighted by molar-refractivity contribution is 5.78. The minimum Gasteiger partial charge on any atom is -0.497 e. The predicted octanol–water partition coefficient (Wildman–Crippen LogP) is 2.72. The van der Waals surface area contributed by atoms with Crippen molar-refractivity contribution >= 4 is 5.91 Å². The number of aliphatic hydroxyl groups excluding tert-OH is 1. The molecule has 0 bridgehead atoms. The van der Waals surface area contributed by atoms with E-state index in [1.807, 2.05) is 48.5 Å². The van der Waals surface area contributed by atoms with Crippen molar-refractivity contribution in [2.45, 2.75) is 44.3 Å². The average Bonchev–Trinajstić information content (AvgIpc) is 3.39. The van der Waals surface area contributed by atoms with Crippen LogP contribution in [0, 0.1) is 0 Å². The fourth-order valence-corrected chi connectivity index (χ4v) is 3.90. The number of methoxy groups -OCH3 is 1. The maximum Gasteiger partial charge on any atom is 0.224 e. The normalized spacial score (nSPS) is 14.5. The largest absolute Gasteiger partial charge is 0.497 e. The Morgan fingerprint density at radius 1 is 1.00 bits per heavy atom. The maximum atomic E-state index is 12.1. The van der Waals surface area contributed by atoms with Crippen molar-refractivity contribution in [1.82, 2.24) is 10.6 Å². The van der Waals surface area contributed by atoms with Gasteiger partial charge in [0.15, 0.2) is 0 Å². The summed E-state index contributed by atoms with van der Waals surface area (Å²) in [5.74, 6) is 2.11. The first-order chi connectivity index (χ1) is 17.1. The molecule has 1 fully saturated rings. The molecule has 0 radical (unpaired) electrons. The monoisotopic (exact) mass is 486 g/mol. The number of ether oxygens (including phenoxy) is 4. The number of nitrogens with one attached hydrogen (secondary N) is 2. The van der Waals surface area contributed by atoms with E-state index in [1.54, 1.807) is 7.11 Å². The Kier molecular flexibility index (Phi) is 11.7. The molecule has 1 aliphatic rings. The standard InChI is InChI=1S/C27H38N2O6/c1-32-26-8-4-5-21(17-26)18-27(31)29-14-13-28-19-22(30)20-35-25-11-9-24(10-12-25)34-16-15-33-23-6-2-3-7-23/h4-5,8-12,17,22-23,28,30H,2-3,6-7,13-16,18-20H2,1H3,(H,29,31). The second-order valence-electron chi connectivity index (χ2n) is 8.64. The van der Waals surface area contributed by atoms with E-state index in [9.17, 15) is 9.90 Å². The van der Waals surface area contributed by atoms with Crippen LogP contribution in [0.5, 0.6) is 17.2 Å². The van der Waals surface area contributed by atoms with Gasteiger partial charge in [-0.2, -0.15) is 0 Å². The lowest BCUT2D eigenvalue weighted by Gasteiger charge is -2.14. The summed E-state index contributed by atoms with van der Waals surface area (Å²) in [6.45, 7) is 2.70. The second kappa shape index (κ2) is 15.2. The first-order valence-electron chi connectivity index (χ1n) is 12.4. The third-order valence-electron chi connectivity index (χ3n) is 5.78. The number of rotatable bonds is 16. The minimum atomic E-state index is -0.661. The van der Waals surface area contributed by atoms with Crippen LogP contribution in [-0.4, -0.2) is 69.8 Å². The highest BCUT2D eigenvalue weighted by Gasteiger charge is 2.14. The summed E-state index contributed by atoms with van der Waals surface area (Å²) >= 11 is 0. The summed E-state index contributed by atoms with van der Waals surface area (Å²) in [5.41, 5.74) is 0.898. The van der Waals surface area contributed by atoms with Gasteiger partial charge in [0.25, 0.3) is 0 Å². The zero-order chi connectivity index (χ0) is 24.7. The summed E-state index contributed by atoms with van der Waals surface area (Å²) in [5, 5.41) is 16.1. The van der Waals surface area contributed by atoms with Crippen LogP contribution in [0.15, 0.2) is 48.5 Å². The summed E-state index contributed by atoms with van der Waals surface area (Å²) in [4.78, 5) is 12.1. The van der Waals surface area contributed by atoms with Crippen LogP contribution in [0.4, 0.5) is 0 Å². The van der Waals surface area contributed by atoms with Crippen molar-refractivity contribution in [3.63, 3.8) is 0 Å². The quantitative estimate of drug-likeness (QED) is 0.314. The van der Waals surface area contributed by atoms with Crippen molar-refractivity contribution in [2.75, 3.05) is 46.6 Å². The van der Waals surface area contributed by atoms with Crippen LogP contribution in [0.1, 0.15) is 31.2 Å². The van der Waals surface area contributed by atoms with Gasteiger partial charge in [-0.15, -0.1) is 0 Å². The summed E-state index contributed by atoms with van der Waals surface area (Å²) in [7, 11) is 1.60.